The van der Waals surface area contributed by atoms with Gasteiger partial charge in [-0.25, -0.2) is 4.79 Å². The Hall–Kier alpha value is -4.21. The Morgan fingerprint density at radius 2 is 1.17 bits per heavy atom. The minimum absolute atomic E-state index is 0.320. The lowest BCUT2D eigenvalue weighted by molar-refractivity contribution is -0.135. The number of ether oxygens (including phenoxy) is 1. The smallest absolute Gasteiger partial charge is 0.337 e. The highest BCUT2D eigenvalue weighted by Gasteiger charge is 2.43. The molecule has 0 saturated carbocycles. The van der Waals surface area contributed by atoms with Gasteiger partial charge in [0.15, 0.2) is 8.07 Å². The average Bonchev–Trinajstić information content (AvgIpc) is 2.94. The van der Waals surface area contributed by atoms with Crippen LogP contribution in [-0.2, 0) is 9.53 Å². The van der Waals surface area contributed by atoms with Gasteiger partial charge in [-0.15, -0.1) is 0 Å². The molecule has 3 heteroatoms. The van der Waals surface area contributed by atoms with Crippen LogP contribution < -0.4 is 10.4 Å². The number of hydrogen-bond acceptors (Lipinski definition) is 2. The van der Waals surface area contributed by atoms with Gasteiger partial charge in [-0.2, -0.15) is 0 Å². The predicted octanol–water partition coefficient (Wildman–Crippen LogP) is 5.61. The molecular formula is C32H26O2Si. The zero-order valence-electron chi connectivity index (χ0n) is 19.6. The summed E-state index contributed by atoms with van der Waals surface area (Å²) in [6.45, 7) is 0. The molecule has 5 rings (SSSR count). The van der Waals surface area contributed by atoms with Crippen molar-refractivity contribution in [2.75, 3.05) is 7.11 Å². The van der Waals surface area contributed by atoms with Crippen LogP contribution in [0.25, 0.3) is 11.3 Å². The van der Waals surface area contributed by atoms with Crippen molar-refractivity contribution in [1.82, 2.24) is 0 Å². The topological polar surface area (TPSA) is 26.3 Å². The van der Waals surface area contributed by atoms with Gasteiger partial charge in [0.1, 0.15) is 0 Å². The minimum Gasteiger partial charge on any atom is -0.465 e. The van der Waals surface area contributed by atoms with Gasteiger partial charge in [0.25, 0.3) is 0 Å². The molecule has 1 heterocycles. The fourth-order valence-electron chi connectivity index (χ4n) is 4.83. The number of hydrogen-bond donors (Lipinski definition) is 0. The fraction of sp³-hybridized carbons (Fsp3) is 0.0312. The molecule has 0 bridgehead atoms. The Morgan fingerprint density at radius 3 is 1.69 bits per heavy atom. The molecule has 4 aromatic carbocycles. The lowest BCUT2D eigenvalue weighted by Gasteiger charge is -2.37. The molecule has 0 aliphatic carbocycles. The molecule has 35 heavy (non-hydrogen) atoms. The van der Waals surface area contributed by atoms with Crippen LogP contribution in [0.3, 0.4) is 0 Å². The molecule has 1 aliphatic rings. The first-order valence-electron chi connectivity index (χ1n) is 11.7. The summed E-state index contributed by atoms with van der Waals surface area (Å²) in [7, 11) is -1.30. The molecule has 4 aromatic rings. The SMILES string of the molecule is COC(=O)C1=C[Si](c2ccccc2)(c2ccccc2)C(c2ccccc2)=C/C1=C/c1ccccc1. The quantitative estimate of drug-likeness (QED) is 0.280. The van der Waals surface area contributed by atoms with Crippen molar-refractivity contribution in [3.05, 3.63) is 155 Å². The third-order valence-corrected chi connectivity index (χ3v) is 11.0. The van der Waals surface area contributed by atoms with E-state index in [0.717, 1.165) is 16.7 Å². The Balaban J connectivity index is 1.87. The van der Waals surface area contributed by atoms with Gasteiger partial charge in [-0.05, 0) is 38.3 Å². The van der Waals surface area contributed by atoms with Crippen molar-refractivity contribution >= 4 is 35.7 Å². The van der Waals surface area contributed by atoms with Crippen molar-refractivity contribution in [1.29, 1.82) is 0 Å². The van der Waals surface area contributed by atoms with E-state index in [0.29, 0.717) is 5.57 Å². The van der Waals surface area contributed by atoms with Gasteiger partial charge in [0.05, 0.1) is 12.7 Å². The molecule has 0 spiro atoms. The summed E-state index contributed by atoms with van der Waals surface area (Å²) in [5.41, 5.74) is 5.88. The number of carbonyl (C=O) groups is 1. The van der Waals surface area contributed by atoms with Gasteiger partial charge >= 0.3 is 5.97 Å². The van der Waals surface area contributed by atoms with Crippen molar-refractivity contribution in [3.63, 3.8) is 0 Å². The van der Waals surface area contributed by atoms with Crippen LogP contribution in [0.4, 0.5) is 0 Å². The van der Waals surface area contributed by atoms with E-state index in [1.54, 1.807) is 0 Å². The summed E-state index contributed by atoms with van der Waals surface area (Å²) in [4.78, 5) is 13.2. The van der Waals surface area contributed by atoms with Crippen LogP contribution in [0.2, 0.25) is 0 Å². The largest absolute Gasteiger partial charge is 0.465 e. The van der Waals surface area contributed by atoms with E-state index >= 15 is 0 Å². The lowest BCUT2D eigenvalue weighted by atomic mass is 10.0. The molecular weight excluding hydrogens is 444 g/mol. The molecule has 0 aromatic heterocycles. The van der Waals surface area contributed by atoms with Crippen LogP contribution in [0.15, 0.2) is 144 Å². The van der Waals surface area contributed by atoms with E-state index in [1.807, 2.05) is 48.5 Å². The summed E-state index contributed by atoms with van der Waals surface area (Å²) < 4.78 is 5.31. The second kappa shape index (κ2) is 9.96. The number of rotatable bonds is 5. The molecule has 0 saturated heterocycles. The van der Waals surface area contributed by atoms with Gasteiger partial charge in [-0.1, -0.05) is 133 Å². The summed E-state index contributed by atoms with van der Waals surface area (Å²) in [6, 6.07) is 41.8. The maximum absolute atomic E-state index is 13.2. The van der Waals surface area contributed by atoms with Gasteiger partial charge in [0, 0.05) is 0 Å². The van der Waals surface area contributed by atoms with Gasteiger partial charge < -0.3 is 4.74 Å². The van der Waals surface area contributed by atoms with E-state index in [9.17, 15) is 4.79 Å². The zero-order chi connectivity index (χ0) is 24.1. The monoisotopic (exact) mass is 470 g/mol. The number of methoxy groups -OCH3 is 1. The molecule has 0 amide bonds. The van der Waals surface area contributed by atoms with Crippen molar-refractivity contribution in [2.24, 2.45) is 0 Å². The number of benzene rings is 4. The third-order valence-electron chi connectivity index (χ3n) is 6.47. The molecule has 0 unspecified atom stereocenters. The molecule has 0 N–H and O–H groups in total. The lowest BCUT2D eigenvalue weighted by Crippen LogP contribution is -2.59. The van der Waals surface area contributed by atoms with E-state index in [2.05, 4.69) is 90.6 Å². The molecule has 1 aliphatic heterocycles. The average molecular weight is 471 g/mol. The number of allylic oxidation sites excluding steroid dienone is 1. The molecule has 0 radical (unpaired) electrons. The highest BCUT2D eigenvalue weighted by molar-refractivity contribution is 7.18. The summed E-state index contributed by atoms with van der Waals surface area (Å²) in [6.07, 6.45) is 4.28. The van der Waals surface area contributed by atoms with Crippen LogP contribution in [0.5, 0.6) is 0 Å². The maximum Gasteiger partial charge on any atom is 0.337 e. The summed E-state index contributed by atoms with van der Waals surface area (Å²) in [5, 5.41) is 3.69. The normalized spacial score (nSPS) is 15.7. The fourth-order valence-corrected chi connectivity index (χ4v) is 9.44. The number of esters is 1. The first-order chi connectivity index (χ1) is 17.2. The molecule has 0 fully saturated rings. The Morgan fingerprint density at radius 1 is 0.686 bits per heavy atom. The summed E-state index contributed by atoms with van der Waals surface area (Å²) in [5.74, 6) is -0.320. The Labute approximate surface area is 207 Å². The van der Waals surface area contributed by atoms with E-state index in [1.165, 1.54) is 22.7 Å². The Kier molecular flexibility index (Phi) is 6.42. The number of carbonyl (C=O) groups excluding carboxylic acids is 1. The van der Waals surface area contributed by atoms with Crippen LogP contribution in [-0.4, -0.2) is 21.2 Å². The van der Waals surface area contributed by atoms with Crippen LogP contribution >= 0.6 is 0 Å². The maximum atomic E-state index is 13.2. The van der Waals surface area contributed by atoms with E-state index < -0.39 is 8.07 Å². The van der Waals surface area contributed by atoms with Crippen molar-refractivity contribution in [2.45, 2.75) is 0 Å². The molecule has 0 atom stereocenters. The van der Waals surface area contributed by atoms with E-state index in [4.69, 9.17) is 4.74 Å². The van der Waals surface area contributed by atoms with Gasteiger partial charge in [-0.3, -0.25) is 0 Å². The van der Waals surface area contributed by atoms with Crippen LogP contribution in [0, 0.1) is 0 Å². The van der Waals surface area contributed by atoms with E-state index in [-0.39, 0.29) is 5.97 Å². The first-order valence-corrected chi connectivity index (χ1v) is 13.8. The van der Waals surface area contributed by atoms with Crippen molar-refractivity contribution < 1.29 is 9.53 Å². The summed E-state index contributed by atoms with van der Waals surface area (Å²) >= 11 is 0. The highest BCUT2D eigenvalue weighted by atomic mass is 28.3. The zero-order valence-corrected chi connectivity index (χ0v) is 20.6. The molecule has 170 valence electrons. The van der Waals surface area contributed by atoms with Crippen LogP contribution in [0.1, 0.15) is 11.1 Å². The molecule has 2 nitrogen and oxygen atoms in total. The van der Waals surface area contributed by atoms with Gasteiger partial charge in [0.2, 0.25) is 0 Å². The first kappa shape index (κ1) is 22.6. The standard InChI is InChI=1S/C32H26O2Si/c1-34-32(33)30-24-35(28-18-10-4-11-19-28,29-20-12-5-13-21-29)31(26-16-8-3-9-17-26)23-27(30)22-25-14-6-2-7-15-25/h2-24H,1H3/b27-22-. The van der Waals surface area contributed by atoms with Crippen molar-refractivity contribution in [3.8, 4) is 0 Å². The Bertz CT molecular complexity index is 1360. The minimum atomic E-state index is -2.75. The third kappa shape index (κ3) is 4.34. The highest BCUT2D eigenvalue weighted by Crippen LogP contribution is 2.37. The second-order valence-corrected chi connectivity index (χ2v) is 12.1. The second-order valence-electron chi connectivity index (χ2n) is 8.52. The predicted molar refractivity (Wildman–Crippen MR) is 147 cm³/mol.